The first kappa shape index (κ1) is 19.6. The van der Waals surface area contributed by atoms with E-state index >= 15 is 0 Å². The highest BCUT2D eigenvalue weighted by Gasteiger charge is 2.22. The van der Waals surface area contributed by atoms with Crippen molar-refractivity contribution in [1.29, 1.82) is 0 Å². The van der Waals surface area contributed by atoms with Crippen LogP contribution in [0.3, 0.4) is 0 Å². The van der Waals surface area contributed by atoms with Gasteiger partial charge in [-0.2, -0.15) is 0 Å². The Balaban J connectivity index is 1.70. The molecular formula is C24H27N2O2+. The average molecular weight is 375 g/mol. The Hall–Kier alpha value is -3.11. The zero-order valence-electron chi connectivity index (χ0n) is 16.6. The van der Waals surface area contributed by atoms with Crippen molar-refractivity contribution in [2.24, 2.45) is 0 Å². The highest BCUT2D eigenvalue weighted by atomic mass is 16.5. The molecule has 0 heterocycles. The Morgan fingerprint density at radius 3 is 2.14 bits per heavy atom. The molecule has 4 heteroatoms. The summed E-state index contributed by atoms with van der Waals surface area (Å²) in [6, 6.07) is 25.9. The zero-order valence-corrected chi connectivity index (χ0v) is 16.6. The van der Waals surface area contributed by atoms with Crippen LogP contribution in [0.5, 0.6) is 5.75 Å². The van der Waals surface area contributed by atoms with Crippen LogP contribution < -0.4 is 15.0 Å². The van der Waals surface area contributed by atoms with E-state index in [9.17, 15) is 4.79 Å². The van der Waals surface area contributed by atoms with Gasteiger partial charge in [0.2, 0.25) is 0 Å². The second-order valence-electron chi connectivity index (χ2n) is 7.03. The Morgan fingerprint density at radius 2 is 1.50 bits per heavy atom. The first-order chi connectivity index (χ1) is 13.6. The third kappa shape index (κ3) is 4.59. The summed E-state index contributed by atoms with van der Waals surface area (Å²) in [5.41, 5.74) is 3.99. The van der Waals surface area contributed by atoms with Crippen molar-refractivity contribution in [3.05, 3.63) is 90.0 Å². The minimum Gasteiger partial charge on any atom is -0.496 e. The number of nitrogens with one attached hydrogen (secondary N) is 2. The number of quaternary nitrogens is 1. The first-order valence-electron chi connectivity index (χ1n) is 9.47. The third-order valence-corrected chi connectivity index (χ3v) is 4.93. The van der Waals surface area contributed by atoms with Crippen molar-refractivity contribution in [1.82, 2.24) is 5.32 Å². The van der Waals surface area contributed by atoms with Gasteiger partial charge in [0.25, 0.3) is 5.91 Å². The molecule has 3 rings (SSSR count). The van der Waals surface area contributed by atoms with Crippen LogP contribution >= 0.6 is 0 Å². The van der Waals surface area contributed by atoms with Gasteiger partial charge in [-0.15, -0.1) is 0 Å². The normalized spacial score (nSPS) is 11.9. The van der Waals surface area contributed by atoms with Gasteiger partial charge in [0, 0.05) is 5.56 Å². The maximum Gasteiger partial charge on any atom is 0.251 e. The first-order valence-corrected chi connectivity index (χ1v) is 9.47. The van der Waals surface area contributed by atoms with E-state index in [0.717, 1.165) is 22.4 Å². The lowest BCUT2D eigenvalue weighted by atomic mass is 10.0. The van der Waals surface area contributed by atoms with E-state index in [1.54, 1.807) is 7.11 Å². The van der Waals surface area contributed by atoms with Crippen LogP contribution in [0.15, 0.2) is 78.9 Å². The minimum absolute atomic E-state index is 0.0687. The molecule has 0 aliphatic carbocycles. The minimum atomic E-state index is -0.0687. The predicted octanol–water partition coefficient (Wildman–Crippen LogP) is 2.98. The van der Waals surface area contributed by atoms with Gasteiger partial charge in [-0.3, -0.25) is 4.79 Å². The molecule has 0 fully saturated rings. The summed E-state index contributed by atoms with van der Waals surface area (Å²) in [5.74, 6) is 0.774. The summed E-state index contributed by atoms with van der Waals surface area (Å²) < 4.78 is 5.50. The topological polar surface area (TPSA) is 42.8 Å². The molecule has 3 aromatic carbocycles. The van der Waals surface area contributed by atoms with E-state index in [4.69, 9.17) is 4.74 Å². The van der Waals surface area contributed by atoms with Gasteiger partial charge in [0.15, 0.2) is 0 Å². The zero-order chi connectivity index (χ0) is 19.9. The van der Waals surface area contributed by atoms with E-state index in [0.29, 0.717) is 12.1 Å². The number of likely N-dealkylation sites (N-methyl/N-ethyl adjacent to an activating group) is 1. The summed E-state index contributed by atoms with van der Waals surface area (Å²) in [6.45, 7) is 0.530. The summed E-state index contributed by atoms with van der Waals surface area (Å²) in [5, 5.41) is 3.07. The van der Waals surface area contributed by atoms with Gasteiger partial charge in [-0.05, 0) is 35.4 Å². The summed E-state index contributed by atoms with van der Waals surface area (Å²) in [7, 11) is 5.84. The van der Waals surface area contributed by atoms with E-state index in [2.05, 4.69) is 37.6 Å². The van der Waals surface area contributed by atoms with Crippen molar-refractivity contribution in [3.63, 3.8) is 0 Å². The molecule has 0 saturated carbocycles. The van der Waals surface area contributed by atoms with Crippen molar-refractivity contribution < 1.29 is 14.4 Å². The van der Waals surface area contributed by atoms with Crippen LogP contribution in [0.25, 0.3) is 11.1 Å². The van der Waals surface area contributed by atoms with Crippen LogP contribution in [0.2, 0.25) is 0 Å². The number of carbonyl (C=O) groups excluding carboxylic acids is 1. The molecule has 0 bridgehead atoms. The SMILES string of the molecule is COc1ccccc1[C@@H](CNC(=O)c1ccc(-c2ccccc2)cc1)[NH+](C)C. The van der Waals surface area contributed by atoms with E-state index in [1.165, 1.54) is 4.90 Å². The van der Waals surface area contributed by atoms with Crippen molar-refractivity contribution in [3.8, 4) is 16.9 Å². The molecular weight excluding hydrogens is 348 g/mol. The number of para-hydroxylation sites is 1. The second-order valence-corrected chi connectivity index (χ2v) is 7.03. The molecule has 1 atom stereocenters. The maximum absolute atomic E-state index is 12.7. The van der Waals surface area contributed by atoms with Gasteiger partial charge in [-0.1, -0.05) is 54.6 Å². The lowest BCUT2D eigenvalue weighted by Crippen LogP contribution is -3.07. The molecule has 0 aliphatic rings. The second kappa shape index (κ2) is 9.20. The molecule has 1 amide bonds. The summed E-state index contributed by atoms with van der Waals surface area (Å²) in [6.07, 6.45) is 0. The lowest BCUT2D eigenvalue weighted by molar-refractivity contribution is -0.890. The van der Waals surface area contributed by atoms with Crippen molar-refractivity contribution >= 4 is 5.91 Å². The van der Waals surface area contributed by atoms with Crippen molar-refractivity contribution in [2.45, 2.75) is 6.04 Å². The van der Waals surface area contributed by atoms with Gasteiger partial charge in [-0.25, -0.2) is 0 Å². The largest absolute Gasteiger partial charge is 0.496 e. The molecule has 0 unspecified atom stereocenters. The standard InChI is InChI=1S/C24H26N2O2/c1-26(2)22(21-11-7-8-12-23(21)28-3)17-25-24(27)20-15-13-19(14-16-20)18-9-5-4-6-10-18/h4-16,22H,17H2,1-3H3,(H,25,27)/p+1/t22-/m1/s1. The van der Waals surface area contributed by atoms with Gasteiger partial charge in [0.1, 0.15) is 11.8 Å². The van der Waals surface area contributed by atoms with E-state index < -0.39 is 0 Å². The quantitative estimate of drug-likeness (QED) is 0.667. The summed E-state index contributed by atoms with van der Waals surface area (Å²) >= 11 is 0. The van der Waals surface area contributed by atoms with Gasteiger partial charge < -0.3 is 15.0 Å². The fraction of sp³-hybridized carbons (Fsp3) is 0.208. The van der Waals surface area contributed by atoms with E-state index in [1.807, 2.05) is 60.7 Å². The number of hydrogen-bond acceptors (Lipinski definition) is 2. The lowest BCUT2D eigenvalue weighted by Gasteiger charge is -2.23. The van der Waals surface area contributed by atoms with Crippen LogP contribution in [-0.2, 0) is 0 Å². The highest BCUT2D eigenvalue weighted by Crippen LogP contribution is 2.23. The number of benzene rings is 3. The Morgan fingerprint density at radius 1 is 0.893 bits per heavy atom. The summed E-state index contributed by atoms with van der Waals surface area (Å²) in [4.78, 5) is 13.9. The molecule has 3 aromatic rings. The van der Waals surface area contributed by atoms with Crippen LogP contribution in [0, 0.1) is 0 Å². The third-order valence-electron chi connectivity index (χ3n) is 4.93. The Bertz CT molecular complexity index is 905. The molecule has 0 aliphatic heterocycles. The molecule has 2 N–H and O–H groups in total. The Kier molecular flexibility index (Phi) is 6.45. The molecule has 0 radical (unpaired) electrons. The fourth-order valence-electron chi connectivity index (χ4n) is 3.32. The van der Waals surface area contributed by atoms with Crippen LogP contribution in [0.4, 0.5) is 0 Å². The molecule has 144 valence electrons. The van der Waals surface area contributed by atoms with Crippen LogP contribution in [-0.4, -0.2) is 33.7 Å². The van der Waals surface area contributed by atoms with Crippen molar-refractivity contribution in [2.75, 3.05) is 27.7 Å². The smallest absolute Gasteiger partial charge is 0.251 e. The van der Waals surface area contributed by atoms with Gasteiger partial charge in [0.05, 0.1) is 33.3 Å². The molecule has 0 aromatic heterocycles. The number of carbonyl (C=O) groups is 1. The number of amides is 1. The molecule has 0 saturated heterocycles. The van der Waals surface area contributed by atoms with Crippen LogP contribution in [0.1, 0.15) is 22.0 Å². The monoisotopic (exact) mass is 375 g/mol. The molecule has 0 spiro atoms. The highest BCUT2D eigenvalue weighted by molar-refractivity contribution is 5.94. The van der Waals surface area contributed by atoms with E-state index in [-0.39, 0.29) is 11.9 Å². The van der Waals surface area contributed by atoms with Gasteiger partial charge >= 0.3 is 0 Å². The molecule has 28 heavy (non-hydrogen) atoms. The molecule has 4 nitrogen and oxygen atoms in total. The number of methoxy groups -OCH3 is 1. The average Bonchev–Trinajstić information content (AvgIpc) is 2.74. The predicted molar refractivity (Wildman–Crippen MR) is 113 cm³/mol. The fourth-order valence-corrected chi connectivity index (χ4v) is 3.32. The maximum atomic E-state index is 12.7. The number of hydrogen-bond donors (Lipinski definition) is 2. The Labute approximate surface area is 166 Å². The number of rotatable bonds is 7. The number of ether oxygens (including phenoxy) is 1.